The summed E-state index contributed by atoms with van der Waals surface area (Å²) in [4.78, 5) is 37.1. The minimum atomic E-state index is 0.549. The van der Waals surface area contributed by atoms with Gasteiger partial charge in [-0.05, 0) is 82.9 Å². The van der Waals surface area contributed by atoms with Crippen LogP contribution in [0.4, 0.5) is 0 Å². The summed E-state index contributed by atoms with van der Waals surface area (Å²) in [6.45, 7) is 0. The number of rotatable bonds is 11. The minimum Gasteiger partial charge on any atom is -0.294 e. The van der Waals surface area contributed by atoms with Gasteiger partial charge in [0.2, 0.25) is 0 Å². The van der Waals surface area contributed by atoms with Crippen LogP contribution >= 0.6 is 0 Å². The molecule has 11 aromatic carbocycles. The molecule has 0 aliphatic rings. The lowest BCUT2D eigenvalue weighted by molar-refractivity contribution is 1.05. The van der Waals surface area contributed by atoms with E-state index in [1.807, 2.05) is 91.0 Å². The van der Waals surface area contributed by atoms with E-state index in [2.05, 4.69) is 215 Å². The maximum absolute atomic E-state index is 5.44. The van der Waals surface area contributed by atoms with Crippen LogP contribution in [0.2, 0.25) is 0 Å². The summed E-state index contributed by atoms with van der Waals surface area (Å²) in [7, 11) is 0. The highest BCUT2D eigenvalue weighted by atomic mass is 15.1. The Morgan fingerprint density at radius 1 is 0.174 bits per heavy atom. The SMILES string of the molecule is c1ccc(-c2ccc3c(c2)c2cc(-c4nc(-c5ccccc5)nc(-c5ccc6c(c5)c5cc(-c7ccccc7)ccc5n6-c5cc(-c6ccccc6)nc(-c6ccccc6)n5)n4)ccc2n3-c2cc(-c3ccccc3)nc(-c3ccccc3)n2)cc1. The third-order valence-electron chi connectivity index (χ3n) is 16.0. The Morgan fingerprint density at radius 2 is 0.419 bits per heavy atom. The molecule has 9 heteroatoms. The molecule has 0 aliphatic carbocycles. The molecule has 402 valence electrons. The first-order valence-electron chi connectivity index (χ1n) is 28.7. The summed E-state index contributed by atoms with van der Waals surface area (Å²) < 4.78 is 4.53. The summed E-state index contributed by atoms with van der Waals surface area (Å²) in [6, 6.07) is 103. The van der Waals surface area contributed by atoms with Gasteiger partial charge in [-0.25, -0.2) is 34.9 Å². The quantitative estimate of drug-likeness (QED) is 0.127. The Hall–Kier alpha value is -11.8. The molecule has 0 unspecified atom stereocenters. The highest BCUT2D eigenvalue weighted by Crippen LogP contribution is 2.41. The van der Waals surface area contributed by atoms with Gasteiger partial charge in [-0.1, -0.05) is 224 Å². The van der Waals surface area contributed by atoms with Crippen molar-refractivity contribution in [2.75, 3.05) is 0 Å². The third-order valence-corrected chi connectivity index (χ3v) is 16.0. The molecule has 5 heterocycles. The maximum atomic E-state index is 5.44. The molecule has 0 saturated carbocycles. The fourth-order valence-corrected chi connectivity index (χ4v) is 11.8. The predicted octanol–water partition coefficient (Wildman–Crippen LogP) is 18.6. The van der Waals surface area contributed by atoms with E-state index in [0.717, 1.165) is 128 Å². The lowest BCUT2D eigenvalue weighted by atomic mass is 10.0. The van der Waals surface area contributed by atoms with Gasteiger partial charge in [0.25, 0.3) is 0 Å². The molecule has 0 bridgehead atoms. The van der Waals surface area contributed by atoms with Crippen LogP contribution in [0.3, 0.4) is 0 Å². The van der Waals surface area contributed by atoms with Gasteiger partial charge in [0.1, 0.15) is 11.6 Å². The van der Waals surface area contributed by atoms with Crippen molar-refractivity contribution in [2.24, 2.45) is 0 Å². The van der Waals surface area contributed by atoms with E-state index in [9.17, 15) is 0 Å². The Bertz CT molecular complexity index is 4770. The van der Waals surface area contributed by atoms with E-state index in [-0.39, 0.29) is 0 Å². The van der Waals surface area contributed by atoms with E-state index >= 15 is 0 Å². The normalized spacial score (nSPS) is 11.5. The Labute approximate surface area is 495 Å². The number of hydrogen-bond acceptors (Lipinski definition) is 7. The van der Waals surface area contributed by atoms with Crippen molar-refractivity contribution in [3.8, 4) is 113 Å². The molecule has 0 saturated heterocycles. The summed E-state index contributed by atoms with van der Waals surface area (Å²) in [5.41, 5.74) is 16.6. The molecule has 86 heavy (non-hydrogen) atoms. The van der Waals surface area contributed by atoms with Crippen molar-refractivity contribution < 1.29 is 0 Å². The molecule has 0 spiro atoms. The van der Waals surface area contributed by atoms with Crippen molar-refractivity contribution in [3.63, 3.8) is 0 Å². The fourth-order valence-electron chi connectivity index (χ4n) is 11.8. The standard InChI is InChI=1S/C77H49N9/c1-8-22-50(23-9-1)57-36-40-67-61(44-57)63-46-59(38-42-69(63)85(67)71-48-65(52-26-12-3-13-27-52)78-73(80-71)54-30-16-5-17-31-54)76-82-75(56-34-20-7-21-35-56)83-77(84-76)60-39-43-70-64(47-60)62-45-58(51-24-10-2-11-25-51)37-41-68(62)86(70)72-49-66(53-28-14-4-15-29-53)79-74(81-72)55-32-18-6-19-33-55/h1-49H. The second kappa shape index (κ2) is 21.2. The van der Waals surface area contributed by atoms with Crippen LogP contribution in [0.5, 0.6) is 0 Å². The van der Waals surface area contributed by atoms with Crippen LogP contribution in [0.15, 0.2) is 297 Å². The van der Waals surface area contributed by atoms with Crippen molar-refractivity contribution in [1.29, 1.82) is 0 Å². The molecule has 9 nitrogen and oxygen atoms in total. The van der Waals surface area contributed by atoms with Gasteiger partial charge >= 0.3 is 0 Å². The first-order chi connectivity index (χ1) is 42.6. The first kappa shape index (κ1) is 50.0. The van der Waals surface area contributed by atoms with Crippen molar-refractivity contribution >= 4 is 43.6 Å². The van der Waals surface area contributed by atoms with Crippen LogP contribution in [-0.2, 0) is 0 Å². The average Bonchev–Trinajstić information content (AvgIpc) is 2.23. The molecule has 0 N–H and O–H groups in total. The zero-order chi connectivity index (χ0) is 56.9. The molecule has 0 fully saturated rings. The molecule has 0 amide bonds. The van der Waals surface area contributed by atoms with E-state index in [1.165, 1.54) is 0 Å². The van der Waals surface area contributed by atoms with Crippen LogP contribution in [0.1, 0.15) is 0 Å². The topological polar surface area (TPSA) is 100 Å². The summed E-state index contributed by atoms with van der Waals surface area (Å²) in [5.74, 6) is 4.46. The molecule has 16 aromatic rings. The lowest BCUT2D eigenvalue weighted by Gasteiger charge is -2.13. The minimum absolute atomic E-state index is 0.549. The molecular formula is C77H49N9. The number of fused-ring (bicyclic) bond motifs is 6. The Kier molecular flexibility index (Phi) is 12.3. The third kappa shape index (κ3) is 9.13. The molecular weight excluding hydrogens is 1050 g/mol. The predicted molar refractivity (Wildman–Crippen MR) is 349 cm³/mol. The van der Waals surface area contributed by atoms with Gasteiger partial charge in [0.05, 0.1) is 33.5 Å². The summed E-state index contributed by atoms with van der Waals surface area (Å²) >= 11 is 0. The van der Waals surface area contributed by atoms with E-state index < -0.39 is 0 Å². The van der Waals surface area contributed by atoms with Gasteiger partial charge in [-0.15, -0.1) is 0 Å². The number of nitrogens with zero attached hydrogens (tertiary/aromatic N) is 9. The zero-order valence-corrected chi connectivity index (χ0v) is 46.3. The number of benzene rings is 11. The summed E-state index contributed by atoms with van der Waals surface area (Å²) in [6.07, 6.45) is 0. The first-order valence-corrected chi connectivity index (χ1v) is 28.7. The highest BCUT2D eigenvalue weighted by Gasteiger charge is 2.23. The van der Waals surface area contributed by atoms with Crippen LogP contribution < -0.4 is 0 Å². The molecule has 0 aliphatic heterocycles. The fraction of sp³-hybridized carbons (Fsp3) is 0. The molecule has 16 rings (SSSR count). The second-order valence-electron chi connectivity index (χ2n) is 21.3. The van der Waals surface area contributed by atoms with Crippen LogP contribution in [0.25, 0.3) is 157 Å². The van der Waals surface area contributed by atoms with E-state index in [1.54, 1.807) is 0 Å². The van der Waals surface area contributed by atoms with Crippen molar-refractivity contribution in [1.82, 2.24) is 44.0 Å². The van der Waals surface area contributed by atoms with E-state index in [4.69, 9.17) is 34.9 Å². The van der Waals surface area contributed by atoms with Crippen LogP contribution in [-0.4, -0.2) is 44.0 Å². The molecule has 5 aromatic heterocycles. The second-order valence-corrected chi connectivity index (χ2v) is 21.3. The van der Waals surface area contributed by atoms with Gasteiger partial charge in [-0.3, -0.25) is 9.13 Å². The zero-order valence-electron chi connectivity index (χ0n) is 46.3. The van der Waals surface area contributed by atoms with Gasteiger partial charge in [0, 0.05) is 72.6 Å². The highest BCUT2D eigenvalue weighted by molar-refractivity contribution is 6.13. The van der Waals surface area contributed by atoms with Crippen molar-refractivity contribution in [3.05, 3.63) is 297 Å². The van der Waals surface area contributed by atoms with E-state index in [0.29, 0.717) is 29.1 Å². The number of aromatic nitrogens is 9. The lowest BCUT2D eigenvalue weighted by Crippen LogP contribution is -2.03. The molecule has 0 radical (unpaired) electrons. The maximum Gasteiger partial charge on any atom is 0.164 e. The van der Waals surface area contributed by atoms with Crippen LogP contribution in [0, 0.1) is 0 Å². The Balaban J connectivity index is 0.900. The van der Waals surface area contributed by atoms with Gasteiger partial charge < -0.3 is 0 Å². The monoisotopic (exact) mass is 1100 g/mol. The number of hydrogen-bond donors (Lipinski definition) is 0. The smallest absolute Gasteiger partial charge is 0.164 e. The largest absolute Gasteiger partial charge is 0.294 e. The summed E-state index contributed by atoms with van der Waals surface area (Å²) in [5, 5.41) is 4.18. The Morgan fingerprint density at radius 3 is 0.733 bits per heavy atom. The van der Waals surface area contributed by atoms with Crippen molar-refractivity contribution in [2.45, 2.75) is 0 Å². The molecule has 0 atom stereocenters. The van der Waals surface area contributed by atoms with Gasteiger partial charge in [-0.2, -0.15) is 0 Å². The average molecular weight is 1100 g/mol. The van der Waals surface area contributed by atoms with Gasteiger partial charge in [0.15, 0.2) is 29.1 Å².